The summed E-state index contributed by atoms with van der Waals surface area (Å²) < 4.78 is 15.9. The van der Waals surface area contributed by atoms with Gasteiger partial charge in [0.05, 0.1) is 5.69 Å². The molecule has 0 aliphatic carbocycles. The third-order valence-corrected chi connectivity index (χ3v) is 5.18. The van der Waals surface area contributed by atoms with Crippen LogP contribution in [0.3, 0.4) is 0 Å². The molecule has 3 nitrogen and oxygen atoms in total. The minimum atomic E-state index is -0.218. The molecule has 0 spiro atoms. The minimum Gasteiger partial charge on any atom is -0.327 e. The van der Waals surface area contributed by atoms with Gasteiger partial charge in [0.2, 0.25) is 0 Å². The van der Waals surface area contributed by atoms with E-state index in [1.807, 2.05) is 17.6 Å². The Labute approximate surface area is 131 Å². The highest BCUT2D eigenvalue weighted by molar-refractivity contribution is 7.99. The summed E-state index contributed by atoms with van der Waals surface area (Å²) in [7, 11) is 0. The SMILES string of the molecule is CCC(N)Cc1c(Sc2ccccc2F)nc2sccn12. The van der Waals surface area contributed by atoms with Crippen LogP contribution in [0.2, 0.25) is 0 Å². The monoisotopic (exact) mass is 321 g/mol. The van der Waals surface area contributed by atoms with Gasteiger partial charge < -0.3 is 5.73 Å². The van der Waals surface area contributed by atoms with Gasteiger partial charge in [0.15, 0.2) is 4.96 Å². The normalized spacial score (nSPS) is 12.9. The molecule has 21 heavy (non-hydrogen) atoms. The Hall–Kier alpha value is -1.37. The molecule has 0 amide bonds. The fraction of sp³-hybridized carbons (Fsp3) is 0.267. The highest BCUT2D eigenvalue weighted by Crippen LogP contribution is 2.33. The molecule has 2 heterocycles. The molecule has 2 aromatic heterocycles. The molecular weight excluding hydrogens is 305 g/mol. The van der Waals surface area contributed by atoms with Crippen LogP contribution in [-0.4, -0.2) is 15.4 Å². The molecule has 1 unspecified atom stereocenters. The van der Waals surface area contributed by atoms with Crippen molar-refractivity contribution >= 4 is 28.1 Å². The molecule has 0 aliphatic rings. The van der Waals surface area contributed by atoms with E-state index in [4.69, 9.17) is 5.73 Å². The Kier molecular flexibility index (Phi) is 4.28. The summed E-state index contributed by atoms with van der Waals surface area (Å²) in [6.45, 7) is 2.07. The van der Waals surface area contributed by atoms with Gasteiger partial charge in [-0.25, -0.2) is 9.37 Å². The zero-order valence-corrected chi connectivity index (χ0v) is 13.3. The standard InChI is InChI=1S/C15H16FN3S2/c1-2-10(17)9-12-14(18-15-19(12)7-8-20-15)21-13-6-4-3-5-11(13)16/h3-8,10H,2,9,17H2,1H3. The molecular formula is C15H16FN3S2. The van der Waals surface area contributed by atoms with Crippen molar-refractivity contribution in [1.82, 2.24) is 9.38 Å². The quantitative estimate of drug-likeness (QED) is 0.773. The number of nitrogens with two attached hydrogens (primary N) is 1. The molecule has 0 fully saturated rings. The highest BCUT2D eigenvalue weighted by Gasteiger charge is 2.17. The van der Waals surface area contributed by atoms with Crippen molar-refractivity contribution in [3.8, 4) is 0 Å². The Bertz CT molecular complexity index is 750. The van der Waals surface area contributed by atoms with Gasteiger partial charge >= 0.3 is 0 Å². The molecule has 110 valence electrons. The van der Waals surface area contributed by atoms with Crippen LogP contribution in [0.5, 0.6) is 0 Å². The van der Waals surface area contributed by atoms with E-state index in [1.54, 1.807) is 23.5 Å². The second-order valence-electron chi connectivity index (χ2n) is 4.82. The van der Waals surface area contributed by atoms with Crippen molar-refractivity contribution in [2.24, 2.45) is 5.73 Å². The van der Waals surface area contributed by atoms with E-state index in [0.29, 0.717) is 4.90 Å². The number of nitrogens with zero attached hydrogens (tertiary/aromatic N) is 2. The first-order chi connectivity index (χ1) is 10.2. The largest absolute Gasteiger partial charge is 0.327 e. The summed E-state index contributed by atoms with van der Waals surface area (Å²) in [4.78, 5) is 6.13. The van der Waals surface area contributed by atoms with Crippen LogP contribution in [0, 0.1) is 5.82 Å². The van der Waals surface area contributed by atoms with Crippen molar-refractivity contribution in [2.75, 3.05) is 0 Å². The molecule has 1 atom stereocenters. The average molecular weight is 321 g/mol. The zero-order chi connectivity index (χ0) is 14.8. The third kappa shape index (κ3) is 2.97. The number of imidazole rings is 1. The second kappa shape index (κ2) is 6.17. The summed E-state index contributed by atoms with van der Waals surface area (Å²) in [5, 5.41) is 2.84. The van der Waals surface area contributed by atoms with E-state index in [1.165, 1.54) is 17.8 Å². The third-order valence-electron chi connectivity index (χ3n) is 3.35. The van der Waals surface area contributed by atoms with Crippen LogP contribution in [-0.2, 0) is 6.42 Å². The maximum absolute atomic E-state index is 13.8. The van der Waals surface area contributed by atoms with E-state index in [9.17, 15) is 4.39 Å². The molecule has 0 bridgehead atoms. The number of thiazole rings is 1. The molecule has 6 heteroatoms. The topological polar surface area (TPSA) is 43.3 Å². The summed E-state index contributed by atoms with van der Waals surface area (Å²) in [6, 6.07) is 6.86. The number of halogens is 1. The molecule has 0 aliphatic heterocycles. The lowest BCUT2D eigenvalue weighted by Crippen LogP contribution is -2.22. The molecule has 3 rings (SSSR count). The Morgan fingerprint density at radius 1 is 1.43 bits per heavy atom. The second-order valence-corrected chi connectivity index (χ2v) is 6.73. The fourth-order valence-electron chi connectivity index (χ4n) is 2.10. The summed E-state index contributed by atoms with van der Waals surface area (Å²) in [5.41, 5.74) is 7.16. The maximum Gasteiger partial charge on any atom is 0.194 e. The number of hydrogen-bond donors (Lipinski definition) is 1. The lowest BCUT2D eigenvalue weighted by molar-refractivity contribution is 0.601. The predicted octanol–water partition coefficient (Wildman–Crippen LogP) is 3.97. The van der Waals surface area contributed by atoms with Crippen LogP contribution in [0.15, 0.2) is 45.8 Å². The lowest BCUT2D eigenvalue weighted by Gasteiger charge is -2.09. The van der Waals surface area contributed by atoms with Gasteiger partial charge in [0.25, 0.3) is 0 Å². The van der Waals surface area contributed by atoms with Crippen molar-refractivity contribution in [2.45, 2.75) is 35.7 Å². The van der Waals surface area contributed by atoms with Crippen molar-refractivity contribution in [3.63, 3.8) is 0 Å². The smallest absolute Gasteiger partial charge is 0.194 e. The van der Waals surface area contributed by atoms with Gasteiger partial charge in [0, 0.05) is 28.9 Å². The van der Waals surface area contributed by atoms with Crippen LogP contribution in [0.1, 0.15) is 19.0 Å². The van der Waals surface area contributed by atoms with Crippen LogP contribution in [0.25, 0.3) is 4.96 Å². The Morgan fingerprint density at radius 2 is 2.24 bits per heavy atom. The number of fused-ring (bicyclic) bond motifs is 1. The Morgan fingerprint density at radius 3 is 3.00 bits per heavy atom. The van der Waals surface area contributed by atoms with E-state index < -0.39 is 0 Å². The van der Waals surface area contributed by atoms with Crippen molar-refractivity contribution in [3.05, 3.63) is 47.4 Å². The van der Waals surface area contributed by atoms with Gasteiger partial charge in [-0.2, -0.15) is 0 Å². The minimum absolute atomic E-state index is 0.0878. The van der Waals surface area contributed by atoms with Gasteiger partial charge in [0.1, 0.15) is 10.8 Å². The first-order valence-corrected chi connectivity index (χ1v) is 8.51. The van der Waals surface area contributed by atoms with E-state index in [2.05, 4.69) is 16.3 Å². The zero-order valence-electron chi connectivity index (χ0n) is 11.6. The lowest BCUT2D eigenvalue weighted by atomic mass is 10.1. The van der Waals surface area contributed by atoms with Gasteiger partial charge in [-0.3, -0.25) is 4.40 Å². The summed E-state index contributed by atoms with van der Waals surface area (Å²) >= 11 is 2.94. The van der Waals surface area contributed by atoms with Crippen LogP contribution < -0.4 is 5.73 Å². The molecule has 0 radical (unpaired) electrons. The van der Waals surface area contributed by atoms with Crippen LogP contribution >= 0.6 is 23.1 Å². The number of rotatable bonds is 5. The first-order valence-electron chi connectivity index (χ1n) is 6.81. The van der Waals surface area contributed by atoms with Gasteiger partial charge in [-0.1, -0.05) is 30.8 Å². The molecule has 2 N–H and O–H groups in total. The molecule has 1 aromatic carbocycles. The van der Waals surface area contributed by atoms with Gasteiger partial charge in [-0.15, -0.1) is 11.3 Å². The molecule has 0 saturated carbocycles. The van der Waals surface area contributed by atoms with E-state index in [-0.39, 0.29) is 11.9 Å². The number of benzene rings is 1. The average Bonchev–Trinajstić information content (AvgIpc) is 3.04. The van der Waals surface area contributed by atoms with Crippen molar-refractivity contribution < 1.29 is 4.39 Å². The maximum atomic E-state index is 13.8. The number of aromatic nitrogens is 2. The fourth-order valence-corrected chi connectivity index (χ4v) is 3.85. The summed E-state index contributed by atoms with van der Waals surface area (Å²) in [6.07, 6.45) is 3.64. The predicted molar refractivity (Wildman–Crippen MR) is 85.6 cm³/mol. The molecule has 3 aromatic rings. The van der Waals surface area contributed by atoms with E-state index >= 15 is 0 Å². The first kappa shape index (κ1) is 14.6. The van der Waals surface area contributed by atoms with E-state index in [0.717, 1.165) is 28.5 Å². The van der Waals surface area contributed by atoms with Crippen molar-refractivity contribution in [1.29, 1.82) is 0 Å². The summed E-state index contributed by atoms with van der Waals surface area (Å²) in [5.74, 6) is -0.218. The van der Waals surface area contributed by atoms with Crippen LogP contribution in [0.4, 0.5) is 4.39 Å². The Balaban J connectivity index is 1.99. The highest BCUT2D eigenvalue weighted by atomic mass is 32.2. The number of hydrogen-bond acceptors (Lipinski definition) is 4. The van der Waals surface area contributed by atoms with Gasteiger partial charge in [-0.05, 0) is 18.6 Å². The molecule has 0 saturated heterocycles.